The lowest BCUT2D eigenvalue weighted by Gasteiger charge is -2.34. The van der Waals surface area contributed by atoms with Gasteiger partial charge in [0.25, 0.3) is 0 Å². The molecular weight excluding hydrogens is 264 g/mol. The lowest BCUT2D eigenvalue weighted by atomic mass is 10.2. The molecule has 0 amide bonds. The average molecular weight is 284 g/mol. The third kappa shape index (κ3) is 3.66. The summed E-state index contributed by atoms with van der Waals surface area (Å²) < 4.78 is 0. The van der Waals surface area contributed by atoms with Crippen molar-refractivity contribution in [2.24, 2.45) is 0 Å². The Morgan fingerprint density at radius 2 is 1.76 bits per heavy atom. The maximum Gasteiger partial charge on any atom is 0.225 e. The molecule has 2 aromatic rings. The van der Waals surface area contributed by atoms with Gasteiger partial charge in [-0.25, -0.2) is 9.97 Å². The Morgan fingerprint density at radius 3 is 2.43 bits per heavy atom. The predicted octanol–water partition coefficient (Wildman–Crippen LogP) is 0.818. The Balaban J connectivity index is 1.47. The molecule has 0 radical (unpaired) electrons. The first-order valence-electron chi connectivity index (χ1n) is 7.26. The normalized spacial score (nSPS) is 16.1. The van der Waals surface area contributed by atoms with Crippen molar-refractivity contribution in [3.63, 3.8) is 0 Å². The third-order valence-electron chi connectivity index (χ3n) is 3.74. The Hall–Kier alpha value is -2.21. The van der Waals surface area contributed by atoms with Gasteiger partial charge in [-0.2, -0.15) is 0 Å². The van der Waals surface area contributed by atoms with Gasteiger partial charge in [-0.05, 0) is 18.2 Å². The van der Waals surface area contributed by atoms with E-state index >= 15 is 0 Å². The van der Waals surface area contributed by atoms with Crippen LogP contribution < -0.4 is 10.6 Å². The van der Waals surface area contributed by atoms with Crippen molar-refractivity contribution in [1.29, 1.82) is 0 Å². The van der Waals surface area contributed by atoms with Crippen molar-refractivity contribution in [3.8, 4) is 0 Å². The van der Waals surface area contributed by atoms with Gasteiger partial charge in [0, 0.05) is 57.2 Å². The van der Waals surface area contributed by atoms with E-state index in [1.54, 1.807) is 18.6 Å². The zero-order valence-corrected chi connectivity index (χ0v) is 12.0. The molecule has 6 heteroatoms. The topological polar surface area (TPSA) is 71.2 Å². The van der Waals surface area contributed by atoms with Crippen LogP contribution in [0.15, 0.2) is 36.8 Å². The van der Waals surface area contributed by atoms with Gasteiger partial charge in [-0.15, -0.1) is 0 Å². The van der Waals surface area contributed by atoms with Crippen LogP contribution in [0.3, 0.4) is 0 Å². The highest BCUT2D eigenvalue weighted by molar-refractivity contribution is 5.34. The van der Waals surface area contributed by atoms with Gasteiger partial charge in [0.1, 0.15) is 0 Å². The van der Waals surface area contributed by atoms with Gasteiger partial charge in [-0.3, -0.25) is 9.88 Å². The molecule has 0 aliphatic carbocycles. The van der Waals surface area contributed by atoms with Crippen molar-refractivity contribution in [1.82, 2.24) is 19.9 Å². The van der Waals surface area contributed by atoms with E-state index in [0.717, 1.165) is 56.5 Å². The summed E-state index contributed by atoms with van der Waals surface area (Å²) in [6, 6.07) is 5.76. The fraction of sp³-hybridized carbons (Fsp3) is 0.400. The van der Waals surface area contributed by atoms with E-state index < -0.39 is 0 Å². The Labute approximate surface area is 124 Å². The van der Waals surface area contributed by atoms with Crippen molar-refractivity contribution in [2.75, 3.05) is 43.4 Å². The molecule has 0 spiro atoms. The molecule has 3 heterocycles. The molecule has 6 nitrogen and oxygen atoms in total. The first kappa shape index (κ1) is 13.8. The number of aromatic nitrogens is 3. The molecule has 3 rings (SSSR count). The van der Waals surface area contributed by atoms with Crippen LogP contribution >= 0.6 is 0 Å². The van der Waals surface area contributed by atoms with Crippen LogP contribution in [-0.2, 0) is 6.42 Å². The van der Waals surface area contributed by atoms with Gasteiger partial charge in [0.2, 0.25) is 5.95 Å². The zero-order chi connectivity index (χ0) is 14.5. The summed E-state index contributed by atoms with van der Waals surface area (Å²) in [6.45, 7) is 5.04. The van der Waals surface area contributed by atoms with Crippen molar-refractivity contribution in [3.05, 3.63) is 42.5 Å². The SMILES string of the molecule is Nc1ccc(CCN2CCN(c3ncccn3)CC2)nc1. The Kier molecular flexibility index (Phi) is 4.25. The first-order chi connectivity index (χ1) is 10.3. The van der Waals surface area contributed by atoms with E-state index in [0.29, 0.717) is 0 Å². The summed E-state index contributed by atoms with van der Waals surface area (Å²) in [4.78, 5) is 17.6. The van der Waals surface area contributed by atoms with Crippen molar-refractivity contribution in [2.45, 2.75) is 6.42 Å². The number of hydrogen-bond acceptors (Lipinski definition) is 6. The maximum atomic E-state index is 5.65. The molecule has 0 saturated carbocycles. The minimum absolute atomic E-state index is 0.718. The lowest BCUT2D eigenvalue weighted by molar-refractivity contribution is 0.259. The number of pyridine rings is 1. The highest BCUT2D eigenvalue weighted by atomic mass is 15.3. The molecule has 1 fully saturated rings. The predicted molar refractivity (Wildman–Crippen MR) is 83.0 cm³/mol. The van der Waals surface area contributed by atoms with Gasteiger partial charge >= 0.3 is 0 Å². The number of nitrogen functional groups attached to an aromatic ring is 1. The van der Waals surface area contributed by atoms with E-state index in [1.165, 1.54) is 0 Å². The Morgan fingerprint density at radius 1 is 1.00 bits per heavy atom. The lowest BCUT2D eigenvalue weighted by Crippen LogP contribution is -2.47. The number of rotatable bonds is 4. The number of hydrogen-bond donors (Lipinski definition) is 1. The molecule has 1 aliphatic rings. The van der Waals surface area contributed by atoms with Gasteiger partial charge in [0.05, 0.1) is 11.9 Å². The largest absolute Gasteiger partial charge is 0.397 e. The zero-order valence-electron chi connectivity index (χ0n) is 12.0. The van der Waals surface area contributed by atoms with E-state index in [1.807, 2.05) is 18.2 Å². The van der Waals surface area contributed by atoms with Crippen molar-refractivity contribution >= 4 is 11.6 Å². The van der Waals surface area contributed by atoms with Gasteiger partial charge < -0.3 is 10.6 Å². The van der Waals surface area contributed by atoms with Crippen LogP contribution in [0.1, 0.15) is 5.69 Å². The molecule has 0 atom stereocenters. The summed E-state index contributed by atoms with van der Waals surface area (Å²) in [6.07, 6.45) is 6.27. The van der Waals surface area contributed by atoms with Gasteiger partial charge in [-0.1, -0.05) is 0 Å². The molecule has 2 N–H and O–H groups in total. The second-order valence-electron chi connectivity index (χ2n) is 5.21. The van der Waals surface area contributed by atoms with Crippen LogP contribution in [0.25, 0.3) is 0 Å². The molecule has 110 valence electrons. The quantitative estimate of drug-likeness (QED) is 0.896. The summed E-state index contributed by atoms with van der Waals surface area (Å²) in [5, 5.41) is 0. The highest BCUT2D eigenvalue weighted by Gasteiger charge is 2.18. The molecule has 21 heavy (non-hydrogen) atoms. The molecule has 1 saturated heterocycles. The van der Waals surface area contributed by atoms with Crippen LogP contribution in [0.2, 0.25) is 0 Å². The maximum absolute atomic E-state index is 5.65. The van der Waals surface area contributed by atoms with E-state index in [4.69, 9.17) is 5.73 Å². The van der Waals surface area contributed by atoms with Crippen molar-refractivity contribution < 1.29 is 0 Å². The molecule has 0 bridgehead atoms. The van der Waals surface area contributed by atoms with Crippen LogP contribution in [0.5, 0.6) is 0 Å². The smallest absolute Gasteiger partial charge is 0.225 e. The first-order valence-corrected chi connectivity index (χ1v) is 7.26. The second kappa shape index (κ2) is 6.49. The number of anilines is 2. The molecule has 2 aromatic heterocycles. The molecule has 1 aliphatic heterocycles. The van der Waals surface area contributed by atoms with E-state index in [9.17, 15) is 0 Å². The number of nitrogens with zero attached hydrogens (tertiary/aromatic N) is 5. The minimum atomic E-state index is 0.718. The minimum Gasteiger partial charge on any atom is -0.397 e. The molecule has 0 unspecified atom stereocenters. The standard InChI is InChI=1S/C15H20N6/c16-13-2-3-14(19-12-13)4-7-20-8-10-21(11-9-20)15-17-5-1-6-18-15/h1-3,5-6,12H,4,7-11,16H2. The summed E-state index contributed by atoms with van der Waals surface area (Å²) >= 11 is 0. The summed E-state index contributed by atoms with van der Waals surface area (Å²) in [5.74, 6) is 0.831. The third-order valence-corrected chi connectivity index (χ3v) is 3.74. The second-order valence-corrected chi connectivity index (χ2v) is 5.21. The number of piperazine rings is 1. The average Bonchev–Trinajstić information content (AvgIpc) is 2.56. The van der Waals surface area contributed by atoms with E-state index in [-0.39, 0.29) is 0 Å². The van der Waals surface area contributed by atoms with Gasteiger partial charge in [0.15, 0.2) is 0 Å². The number of nitrogens with two attached hydrogens (primary N) is 1. The van der Waals surface area contributed by atoms with Crippen LogP contribution in [-0.4, -0.2) is 52.6 Å². The van der Waals surface area contributed by atoms with Crippen LogP contribution in [0.4, 0.5) is 11.6 Å². The molecule has 0 aromatic carbocycles. The molecular formula is C15H20N6. The Bertz CT molecular complexity index is 548. The fourth-order valence-electron chi connectivity index (χ4n) is 2.48. The summed E-state index contributed by atoms with van der Waals surface area (Å²) in [7, 11) is 0. The fourth-order valence-corrected chi connectivity index (χ4v) is 2.48. The van der Waals surface area contributed by atoms with Crippen LogP contribution in [0, 0.1) is 0 Å². The highest BCUT2D eigenvalue weighted by Crippen LogP contribution is 2.10. The van der Waals surface area contributed by atoms with E-state index in [2.05, 4.69) is 24.8 Å². The monoisotopic (exact) mass is 284 g/mol. The summed E-state index contributed by atoms with van der Waals surface area (Å²) in [5.41, 5.74) is 7.46.